The van der Waals surface area contributed by atoms with Crippen LogP contribution in [0.2, 0.25) is 5.02 Å². The number of nitro benzene ring substituents is 1. The molecule has 1 aromatic heterocycles. The molecular formula is C20H13ClN4O3. The Morgan fingerprint density at radius 3 is 2.50 bits per heavy atom. The maximum atomic E-state index is 12.4. The summed E-state index contributed by atoms with van der Waals surface area (Å²) < 4.78 is 0. The van der Waals surface area contributed by atoms with Crippen LogP contribution in [0.1, 0.15) is 10.4 Å². The number of hydrogen-bond acceptors (Lipinski definition) is 4. The van der Waals surface area contributed by atoms with Gasteiger partial charge in [0.15, 0.2) is 0 Å². The van der Waals surface area contributed by atoms with Crippen molar-refractivity contribution < 1.29 is 9.72 Å². The van der Waals surface area contributed by atoms with Gasteiger partial charge in [-0.1, -0.05) is 23.7 Å². The second-order valence-corrected chi connectivity index (χ2v) is 6.46. The number of nitrogens with zero attached hydrogens (tertiary/aromatic N) is 2. The number of carbonyl (C=O) groups is 1. The lowest BCUT2D eigenvalue weighted by molar-refractivity contribution is -0.384. The van der Waals surface area contributed by atoms with E-state index in [1.54, 1.807) is 12.1 Å². The highest BCUT2D eigenvalue weighted by molar-refractivity contribution is 6.34. The van der Waals surface area contributed by atoms with Crippen LogP contribution < -0.4 is 5.32 Å². The quantitative estimate of drug-likeness (QED) is 0.375. The zero-order valence-corrected chi connectivity index (χ0v) is 15.1. The molecule has 0 bridgehead atoms. The summed E-state index contributed by atoms with van der Waals surface area (Å²) in [5.74, 6) is 0.286. The number of rotatable bonds is 4. The van der Waals surface area contributed by atoms with E-state index in [1.807, 2.05) is 36.4 Å². The standard InChI is InChI=1S/C20H13ClN4O3/c21-16-11-14(25(27)28)9-10-15(16)20(26)22-13-7-5-12(6-8-13)19-23-17-3-1-2-4-18(17)24-19/h1-11H,(H,22,26)(H,23,24). The number of nitrogens with one attached hydrogen (secondary N) is 2. The Morgan fingerprint density at radius 2 is 1.82 bits per heavy atom. The second-order valence-electron chi connectivity index (χ2n) is 6.06. The number of halogens is 1. The minimum absolute atomic E-state index is 0.0191. The number of H-pyrrole nitrogens is 1. The summed E-state index contributed by atoms with van der Waals surface area (Å²) in [6.45, 7) is 0. The third-order valence-corrected chi connectivity index (χ3v) is 4.53. The minimum atomic E-state index is -0.565. The topological polar surface area (TPSA) is 101 Å². The maximum Gasteiger partial charge on any atom is 0.270 e. The molecule has 0 atom stereocenters. The lowest BCUT2D eigenvalue weighted by Crippen LogP contribution is -2.12. The van der Waals surface area contributed by atoms with Gasteiger partial charge in [-0.25, -0.2) is 4.98 Å². The number of benzene rings is 3. The molecule has 8 heteroatoms. The van der Waals surface area contributed by atoms with E-state index in [2.05, 4.69) is 15.3 Å². The van der Waals surface area contributed by atoms with Crippen molar-refractivity contribution in [1.82, 2.24) is 9.97 Å². The fraction of sp³-hybridized carbons (Fsp3) is 0. The first-order chi connectivity index (χ1) is 13.5. The first-order valence-electron chi connectivity index (χ1n) is 8.32. The molecule has 7 nitrogen and oxygen atoms in total. The predicted molar refractivity (Wildman–Crippen MR) is 108 cm³/mol. The molecule has 0 radical (unpaired) electrons. The minimum Gasteiger partial charge on any atom is -0.338 e. The number of para-hydroxylation sites is 2. The highest BCUT2D eigenvalue weighted by atomic mass is 35.5. The van der Waals surface area contributed by atoms with Gasteiger partial charge in [0.05, 0.1) is 26.5 Å². The number of non-ortho nitro benzene ring substituents is 1. The smallest absolute Gasteiger partial charge is 0.270 e. The summed E-state index contributed by atoms with van der Waals surface area (Å²) in [5.41, 5.74) is 3.26. The molecule has 0 fully saturated rings. The van der Waals surface area contributed by atoms with Crippen molar-refractivity contribution >= 4 is 39.9 Å². The molecule has 1 heterocycles. The van der Waals surface area contributed by atoms with Crippen molar-refractivity contribution in [3.8, 4) is 11.4 Å². The molecule has 0 aliphatic heterocycles. The first-order valence-corrected chi connectivity index (χ1v) is 8.69. The van der Waals surface area contributed by atoms with E-state index in [4.69, 9.17) is 11.6 Å². The van der Waals surface area contributed by atoms with E-state index in [1.165, 1.54) is 12.1 Å². The van der Waals surface area contributed by atoms with Crippen LogP contribution in [0.15, 0.2) is 66.7 Å². The zero-order chi connectivity index (χ0) is 19.7. The normalized spacial score (nSPS) is 10.8. The van der Waals surface area contributed by atoms with Crippen molar-refractivity contribution in [2.24, 2.45) is 0 Å². The largest absolute Gasteiger partial charge is 0.338 e. The van der Waals surface area contributed by atoms with Gasteiger partial charge in [-0.15, -0.1) is 0 Å². The van der Waals surface area contributed by atoms with Gasteiger partial charge in [-0.2, -0.15) is 0 Å². The number of fused-ring (bicyclic) bond motifs is 1. The lowest BCUT2D eigenvalue weighted by Gasteiger charge is -2.07. The summed E-state index contributed by atoms with van der Waals surface area (Å²) in [6.07, 6.45) is 0. The van der Waals surface area contributed by atoms with Crippen molar-refractivity contribution in [3.63, 3.8) is 0 Å². The zero-order valence-electron chi connectivity index (χ0n) is 14.3. The number of anilines is 1. The molecular weight excluding hydrogens is 380 g/mol. The van der Waals surface area contributed by atoms with Crippen LogP contribution in [-0.4, -0.2) is 20.8 Å². The van der Waals surface area contributed by atoms with E-state index in [0.29, 0.717) is 5.69 Å². The third-order valence-electron chi connectivity index (χ3n) is 4.21. The van der Waals surface area contributed by atoms with Crippen molar-refractivity contribution in [2.45, 2.75) is 0 Å². The fourth-order valence-corrected chi connectivity index (χ4v) is 3.06. The summed E-state index contributed by atoms with van der Waals surface area (Å²) >= 11 is 6.00. The van der Waals surface area contributed by atoms with Crippen LogP contribution >= 0.6 is 11.6 Å². The van der Waals surface area contributed by atoms with Crippen molar-refractivity contribution in [3.05, 3.63) is 87.4 Å². The van der Waals surface area contributed by atoms with Crippen LogP contribution in [0.3, 0.4) is 0 Å². The SMILES string of the molecule is O=C(Nc1ccc(-c2nc3ccccc3[nH]2)cc1)c1ccc([N+](=O)[O-])cc1Cl. The molecule has 4 aromatic rings. The van der Waals surface area contributed by atoms with Crippen LogP contribution in [0.4, 0.5) is 11.4 Å². The number of nitro groups is 1. The van der Waals surface area contributed by atoms with Crippen molar-refractivity contribution in [2.75, 3.05) is 5.32 Å². The highest BCUT2D eigenvalue weighted by Gasteiger charge is 2.15. The maximum absolute atomic E-state index is 12.4. The molecule has 4 rings (SSSR count). The Bertz CT molecular complexity index is 1170. The Balaban J connectivity index is 1.53. The van der Waals surface area contributed by atoms with Gasteiger partial charge < -0.3 is 10.3 Å². The van der Waals surface area contributed by atoms with E-state index in [9.17, 15) is 14.9 Å². The van der Waals surface area contributed by atoms with Gasteiger partial charge in [-0.05, 0) is 42.5 Å². The number of carbonyl (C=O) groups excluding carboxylic acids is 1. The van der Waals surface area contributed by atoms with Gasteiger partial charge in [0.2, 0.25) is 0 Å². The Hall–Kier alpha value is -3.71. The molecule has 28 heavy (non-hydrogen) atoms. The summed E-state index contributed by atoms with van der Waals surface area (Å²) in [5, 5.41) is 13.5. The molecule has 0 spiro atoms. The van der Waals surface area contributed by atoms with Crippen LogP contribution in [-0.2, 0) is 0 Å². The summed E-state index contributed by atoms with van der Waals surface area (Å²) in [6, 6.07) is 18.6. The Labute approximate surface area is 164 Å². The highest BCUT2D eigenvalue weighted by Crippen LogP contribution is 2.25. The lowest BCUT2D eigenvalue weighted by atomic mass is 10.1. The van der Waals surface area contributed by atoms with Gasteiger partial charge in [-0.3, -0.25) is 14.9 Å². The molecule has 0 saturated carbocycles. The molecule has 3 aromatic carbocycles. The second kappa shape index (κ2) is 7.13. The Kier molecular flexibility index (Phi) is 4.50. The third kappa shape index (κ3) is 3.43. The molecule has 1 amide bonds. The van der Waals surface area contributed by atoms with Crippen LogP contribution in [0, 0.1) is 10.1 Å². The number of aromatic amines is 1. The number of aromatic nitrogens is 2. The summed E-state index contributed by atoms with van der Waals surface area (Å²) in [4.78, 5) is 30.4. The van der Waals surface area contributed by atoms with E-state index >= 15 is 0 Å². The molecule has 2 N–H and O–H groups in total. The molecule has 0 aliphatic rings. The molecule has 0 saturated heterocycles. The predicted octanol–water partition coefficient (Wildman–Crippen LogP) is 5.04. The van der Waals surface area contributed by atoms with Gasteiger partial charge in [0.25, 0.3) is 11.6 Å². The van der Waals surface area contributed by atoms with Gasteiger partial charge >= 0.3 is 0 Å². The van der Waals surface area contributed by atoms with E-state index in [0.717, 1.165) is 28.5 Å². The number of hydrogen-bond donors (Lipinski definition) is 2. The van der Waals surface area contributed by atoms with Crippen LogP contribution in [0.5, 0.6) is 0 Å². The first kappa shape index (κ1) is 17.7. The molecule has 0 unspecified atom stereocenters. The van der Waals surface area contributed by atoms with Crippen LogP contribution in [0.25, 0.3) is 22.4 Å². The molecule has 0 aliphatic carbocycles. The molecule has 138 valence electrons. The van der Waals surface area contributed by atoms with E-state index < -0.39 is 10.8 Å². The Morgan fingerprint density at radius 1 is 1.07 bits per heavy atom. The number of amides is 1. The average molecular weight is 393 g/mol. The van der Waals surface area contributed by atoms with Crippen molar-refractivity contribution in [1.29, 1.82) is 0 Å². The number of imidazole rings is 1. The van der Waals surface area contributed by atoms with Gasteiger partial charge in [0, 0.05) is 23.4 Å². The van der Waals surface area contributed by atoms with E-state index in [-0.39, 0.29) is 16.3 Å². The monoisotopic (exact) mass is 392 g/mol. The van der Waals surface area contributed by atoms with Gasteiger partial charge in [0.1, 0.15) is 5.82 Å². The summed E-state index contributed by atoms with van der Waals surface area (Å²) in [7, 11) is 0. The fourth-order valence-electron chi connectivity index (χ4n) is 2.80. The average Bonchev–Trinajstić information content (AvgIpc) is 3.12.